The van der Waals surface area contributed by atoms with Crippen molar-refractivity contribution in [3.8, 4) is 0 Å². The molecular weight excluding hydrogens is 540 g/mol. The summed E-state index contributed by atoms with van der Waals surface area (Å²) < 4.78 is 18.6. The molecule has 2 fully saturated rings. The van der Waals surface area contributed by atoms with Crippen LogP contribution < -0.4 is 5.32 Å². The van der Waals surface area contributed by atoms with E-state index in [0.29, 0.717) is 18.7 Å². The standard InChI is InChI=1S/C32H42N2O8/c1-32(2,3)42-30(39)26-9-6-16-34(26)19-25-18-27(22-14-12-21(20-35)13-15-22)41-31(40-25)23-7-4-8-24(17-23)33-28(36)10-5-11-29(37)38/h4,7-8,12-15,17,25-27,31,35H,5-6,9-11,16,18-20H2,1-3H3,(H,33,36)(H,37,38)/t25-,26+,27+,31+/m1/s1. The van der Waals surface area contributed by atoms with Gasteiger partial charge in [0.15, 0.2) is 6.29 Å². The van der Waals surface area contributed by atoms with E-state index >= 15 is 0 Å². The van der Waals surface area contributed by atoms with Crippen molar-refractivity contribution in [3.63, 3.8) is 0 Å². The zero-order chi connectivity index (χ0) is 30.3. The number of aliphatic hydroxyl groups is 1. The number of rotatable bonds is 11. The Kier molecular flexibility index (Phi) is 10.7. The minimum Gasteiger partial charge on any atom is -0.481 e. The van der Waals surface area contributed by atoms with Crippen LogP contribution in [-0.4, -0.2) is 63.8 Å². The van der Waals surface area contributed by atoms with Crippen LogP contribution in [0.1, 0.15) is 88.4 Å². The molecule has 0 aliphatic carbocycles. The molecule has 0 bridgehead atoms. The van der Waals surface area contributed by atoms with Crippen LogP contribution in [0.25, 0.3) is 0 Å². The normalized spacial score (nSPS) is 23.0. The number of likely N-dealkylation sites (tertiary alicyclic amines) is 1. The third-order valence-electron chi connectivity index (χ3n) is 7.33. The molecule has 2 heterocycles. The number of carboxylic acids is 1. The van der Waals surface area contributed by atoms with Gasteiger partial charge in [0.2, 0.25) is 5.91 Å². The summed E-state index contributed by atoms with van der Waals surface area (Å²) in [6, 6.07) is 14.6. The highest BCUT2D eigenvalue weighted by Gasteiger charge is 2.39. The van der Waals surface area contributed by atoms with Crippen molar-refractivity contribution >= 4 is 23.5 Å². The Bertz CT molecular complexity index is 1230. The number of carboxylic acid groups (broad SMARTS) is 1. The first-order chi connectivity index (χ1) is 20.0. The van der Waals surface area contributed by atoms with Gasteiger partial charge in [-0.3, -0.25) is 19.3 Å². The topological polar surface area (TPSA) is 135 Å². The van der Waals surface area contributed by atoms with E-state index in [1.54, 1.807) is 12.1 Å². The Labute approximate surface area is 246 Å². The Morgan fingerprint density at radius 2 is 1.81 bits per heavy atom. The molecule has 1 amide bonds. The minimum absolute atomic E-state index is 0.0456. The van der Waals surface area contributed by atoms with E-state index < -0.39 is 17.9 Å². The molecular formula is C32H42N2O8. The summed E-state index contributed by atoms with van der Waals surface area (Å²) in [7, 11) is 0. The van der Waals surface area contributed by atoms with Gasteiger partial charge in [-0.05, 0) is 69.8 Å². The monoisotopic (exact) mass is 582 g/mol. The van der Waals surface area contributed by atoms with Gasteiger partial charge in [0.1, 0.15) is 11.6 Å². The van der Waals surface area contributed by atoms with Gasteiger partial charge in [0.05, 0.1) is 18.8 Å². The van der Waals surface area contributed by atoms with Gasteiger partial charge in [-0.2, -0.15) is 0 Å². The molecule has 0 unspecified atom stereocenters. The molecule has 10 nitrogen and oxygen atoms in total. The van der Waals surface area contributed by atoms with Gasteiger partial charge in [0, 0.05) is 37.1 Å². The summed E-state index contributed by atoms with van der Waals surface area (Å²) in [5, 5.41) is 21.1. The number of carbonyl (C=O) groups excluding carboxylic acids is 2. The fourth-order valence-corrected chi connectivity index (χ4v) is 5.36. The maximum absolute atomic E-state index is 13.0. The lowest BCUT2D eigenvalue weighted by molar-refractivity contribution is -0.253. The van der Waals surface area contributed by atoms with Crippen molar-refractivity contribution in [1.29, 1.82) is 0 Å². The molecule has 0 aromatic heterocycles. The van der Waals surface area contributed by atoms with E-state index in [4.69, 9.17) is 19.3 Å². The summed E-state index contributed by atoms with van der Waals surface area (Å²) in [5.74, 6) is -1.41. The molecule has 2 aliphatic rings. The highest BCUT2D eigenvalue weighted by molar-refractivity contribution is 5.90. The zero-order valence-corrected chi connectivity index (χ0v) is 24.6. The summed E-state index contributed by atoms with van der Waals surface area (Å²) in [4.78, 5) is 38.2. The summed E-state index contributed by atoms with van der Waals surface area (Å²) in [6.45, 7) is 6.88. The van der Waals surface area contributed by atoms with Crippen LogP contribution in [0.15, 0.2) is 48.5 Å². The average Bonchev–Trinajstić information content (AvgIpc) is 3.40. The molecule has 2 aromatic rings. The Hall–Kier alpha value is -3.31. The van der Waals surface area contributed by atoms with Crippen LogP contribution >= 0.6 is 0 Å². The molecule has 10 heteroatoms. The fourth-order valence-electron chi connectivity index (χ4n) is 5.36. The number of anilines is 1. The first-order valence-electron chi connectivity index (χ1n) is 14.6. The number of aliphatic carboxylic acids is 1. The number of hydrogen-bond acceptors (Lipinski definition) is 8. The van der Waals surface area contributed by atoms with Gasteiger partial charge in [0.25, 0.3) is 0 Å². The van der Waals surface area contributed by atoms with Crippen molar-refractivity contribution < 1.29 is 38.8 Å². The lowest BCUT2D eigenvalue weighted by Crippen LogP contribution is -2.45. The quantitative estimate of drug-likeness (QED) is 0.322. The van der Waals surface area contributed by atoms with E-state index in [-0.39, 0.29) is 56.0 Å². The van der Waals surface area contributed by atoms with Crippen molar-refractivity contribution in [1.82, 2.24) is 4.90 Å². The molecule has 4 atom stereocenters. The van der Waals surface area contributed by atoms with Gasteiger partial charge in [-0.15, -0.1) is 0 Å². The molecule has 0 spiro atoms. The van der Waals surface area contributed by atoms with Gasteiger partial charge in [-0.25, -0.2) is 0 Å². The lowest BCUT2D eigenvalue weighted by atomic mass is 9.99. The van der Waals surface area contributed by atoms with E-state index in [1.807, 2.05) is 57.2 Å². The van der Waals surface area contributed by atoms with Crippen molar-refractivity contribution in [2.24, 2.45) is 0 Å². The molecule has 3 N–H and O–H groups in total. The lowest BCUT2D eigenvalue weighted by Gasteiger charge is -2.38. The predicted molar refractivity (Wildman–Crippen MR) is 155 cm³/mol. The maximum Gasteiger partial charge on any atom is 0.323 e. The second-order valence-electron chi connectivity index (χ2n) is 12.0. The third-order valence-corrected chi connectivity index (χ3v) is 7.33. The smallest absolute Gasteiger partial charge is 0.323 e. The first kappa shape index (κ1) is 31.6. The minimum atomic E-state index is -0.933. The van der Waals surface area contributed by atoms with Crippen LogP contribution in [0.2, 0.25) is 0 Å². The SMILES string of the molecule is CC(C)(C)OC(=O)[C@@H]1CCCN1C[C@H]1C[C@@H](c2ccc(CO)cc2)O[C@@H](c2cccc(NC(=O)CCCC(=O)O)c2)O1. The number of amides is 1. The van der Waals surface area contributed by atoms with Crippen LogP contribution in [0.4, 0.5) is 5.69 Å². The number of esters is 1. The summed E-state index contributed by atoms with van der Waals surface area (Å²) in [5.41, 5.74) is 2.50. The van der Waals surface area contributed by atoms with E-state index in [9.17, 15) is 19.5 Å². The van der Waals surface area contributed by atoms with Crippen molar-refractivity contribution in [2.75, 3.05) is 18.4 Å². The number of carbonyl (C=O) groups is 3. The zero-order valence-electron chi connectivity index (χ0n) is 24.6. The first-order valence-corrected chi connectivity index (χ1v) is 14.6. The van der Waals surface area contributed by atoms with Crippen LogP contribution in [0.5, 0.6) is 0 Å². The predicted octanol–water partition coefficient (Wildman–Crippen LogP) is 4.72. The second kappa shape index (κ2) is 14.2. The fraction of sp³-hybridized carbons (Fsp3) is 0.531. The molecule has 42 heavy (non-hydrogen) atoms. The molecule has 228 valence electrons. The maximum atomic E-state index is 13.0. The highest BCUT2D eigenvalue weighted by Crippen LogP contribution is 2.39. The third kappa shape index (κ3) is 9.09. The van der Waals surface area contributed by atoms with Crippen LogP contribution in [0, 0.1) is 0 Å². The number of aliphatic hydroxyl groups excluding tert-OH is 1. The van der Waals surface area contributed by atoms with E-state index in [0.717, 1.165) is 36.1 Å². The number of nitrogens with one attached hydrogen (secondary N) is 1. The average molecular weight is 583 g/mol. The number of hydrogen-bond donors (Lipinski definition) is 3. The Morgan fingerprint density at radius 1 is 1.05 bits per heavy atom. The van der Waals surface area contributed by atoms with Crippen molar-refractivity contribution in [2.45, 2.75) is 96.0 Å². The molecule has 4 rings (SSSR count). The highest BCUT2D eigenvalue weighted by atomic mass is 16.7. The molecule has 2 aromatic carbocycles. The molecule has 2 aliphatic heterocycles. The number of ether oxygens (including phenoxy) is 3. The summed E-state index contributed by atoms with van der Waals surface area (Å²) >= 11 is 0. The largest absolute Gasteiger partial charge is 0.481 e. The second-order valence-corrected chi connectivity index (χ2v) is 12.0. The number of nitrogens with zero attached hydrogens (tertiary/aromatic N) is 1. The van der Waals surface area contributed by atoms with E-state index in [1.165, 1.54) is 0 Å². The molecule has 2 saturated heterocycles. The van der Waals surface area contributed by atoms with Gasteiger partial charge >= 0.3 is 11.9 Å². The van der Waals surface area contributed by atoms with Crippen LogP contribution in [0.3, 0.4) is 0 Å². The van der Waals surface area contributed by atoms with Gasteiger partial charge in [-0.1, -0.05) is 36.4 Å². The molecule has 0 saturated carbocycles. The Balaban J connectivity index is 1.51. The van der Waals surface area contributed by atoms with Crippen molar-refractivity contribution in [3.05, 3.63) is 65.2 Å². The Morgan fingerprint density at radius 3 is 2.50 bits per heavy atom. The molecule has 0 radical (unpaired) electrons. The van der Waals surface area contributed by atoms with Gasteiger partial charge < -0.3 is 29.7 Å². The number of benzene rings is 2. The van der Waals surface area contributed by atoms with E-state index in [2.05, 4.69) is 10.2 Å². The summed E-state index contributed by atoms with van der Waals surface area (Å²) in [6.07, 6.45) is 1.25. The van der Waals surface area contributed by atoms with Crippen LogP contribution in [-0.2, 0) is 35.2 Å².